The molecule has 3 aromatic rings. The number of morpholine rings is 1. The van der Waals surface area contributed by atoms with Gasteiger partial charge in [-0.05, 0) is 29.8 Å². The summed E-state index contributed by atoms with van der Waals surface area (Å²) in [7, 11) is 1.62. The second kappa shape index (κ2) is 9.19. The zero-order valence-corrected chi connectivity index (χ0v) is 17.4. The number of benzene rings is 2. The van der Waals surface area contributed by atoms with Gasteiger partial charge in [0, 0.05) is 18.7 Å². The summed E-state index contributed by atoms with van der Waals surface area (Å²) in [6, 6.07) is 17.1. The zero-order chi connectivity index (χ0) is 20.9. The molecule has 156 valence electrons. The van der Waals surface area contributed by atoms with Crippen LogP contribution in [-0.4, -0.2) is 59.1 Å². The molecule has 0 radical (unpaired) electrons. The molecule has 1 aliphatic heterocycles. The molecule has 30 heavy (non-hydrogen) atoms. The summed E-state index contributed by atoms with van der Waals surface area (Å²) in [4.78, 5) is 15.1. The minimum Gasteiger partial charge on any atom is -0.497 e. The highest BCUT2D eigenvalue weighted by atomic mass is 32.2. The molecule has 1 amide bonds. The smallest absolute Gasteiger partial charge is 0.240 e. The maximum absolute atomic E-state index is 13.3. The minimum absolute atomic E-state index is 0.0171. The van der Waals surface area contributed by atoms with Gasteiger partial charge in [-0.25, -0.2) is 4.68 Å². The van der Waals surface area contributed by atoms with Gasteiger partial charge in [0.25, 0.3) is 0 Å². The van der Waals surface area contributed by atoms with E-state index in [0.29, 0.717) is 37.3 Å². The number of amides is 1. The number of hydrogen-bond acceptors (Lipinski definition) is 7. The second-order valence-corrected chi connectivity index (χ2v) is 7.82. The summed E-state index contributed by atoms with van der Waals surface area (Å²) in [6.45, 7) is 2.25. The van der Waals surface area contributed by atoms with E-state index in [4.69, 9.17) is 15.3 Å². The SMILES string of the molecule is COc1ccc(-c2nnc(S[C@@H](C(=O)N3CCOCC3)c3ccccc3)n2N)cc1. The number of thioether (sulfide) groups is 1. The quantitative estimate of drug-likeness (QED) is 0.478. The molecule has 0 saturated carbocycles. The van der Waals surface area contributed by atoms with Crippen LogP contribution in [0.2, 0.25) is 0 Å². The third kappa shape index (κ3) is 4.27. The fourth-order valence-electron chi connectivity index (χ4n) is 3.24. The van der Waals surface area contributed by atoms with Crippen molar-refractivity contribution in [1.82, 2.24) is 19.8 Å². The fourth-order valence-corrected chi connectivity index (χ4v) is 4.28. The van der Waals surface area contributed by atoms with Crippen LogP contribution in [0.25, 0.3) is 11.4 Å². The molecule has 1 aromatic heterocycles. The van der Waals surface area contributed by atoms with E-state index in [1.54, 1.807) is 7.11 Å². The number of aromatic nitrogens is 3. The molecule has 0 aliphatic carbocycles. The molecular weight excluding hydrogens is 402 g/mol. The number of carbonyl (C=O) groups is 1. The average Bonchev–Trinajstić information content (AvgIpc) is 3.18. The van der Waals surface area contributed by atoms with Crippen LogP contribution in [0.15, 0.2) is 59.8 Å². The van der Waals surface area contributed by atoms with Crippen LogP contribution in [0.1, 0.15) is 10.8 Å². The first kappa shape index (κ1) is 20.2. The summed E-state index contributed by atoms with van der Waals surface area (Å²) in [5.41, 5.74) is 1.71. The van der Waals surface area contributed by atoms with Crippen LogP contribution in [0.5, 0.6) is 5.75 Å². The van der Waals surface area contributed by atoms with Crippen molar-refractivity contribution in [3.8, 4) is 17.1 Å². The van der Waals surface area contributed by atoms with Gasteiger partial charge in [0.1, 0.15) is 11.0 Å². The Balaban J connectivity index is 1.61. The number of nitrogens with two attached hydrogens (primary N) is 1. The molecule has 0 unspecified atom stereocenters. The highest BCUT2D eigenvalue weighted by Gasteiger charge is 2.30. The molecule has 1 saturated heterocycles. The van der Waals surface area contributed by atoms with Gasteiger partial charge in [-0.2, -0.15) is 0 Å². The number of rotatable bonds is 6. The number of ether oxygens (including phenoxy) is 2. The fraction of sp³-hybridized carbons (Fsp3) is 0.286. The molecule has 0 bridgehead atoms. The first-order chi connectivity index (χ1) is 14.7. The van der Waals surface area contributed by atoms with E-state index >= 15 is 0 Å². The molecule has 2 aromatic carbocycles. The monoisotopic (exact) mass is 425 g/mol. The van der Waals surface area contributed by atoms with E-state index in [9.17, 15) is 4.79 Å². The highest BCUT2D eigenvalue weighted by molar-refractivity contribution is 8.00. The van der Waals surface area contributed by atoms with Crippen molar-refractivity contribution in [2.45, 2.75) is 10.4 Å². The number of methoxy groups -OCH3 is 1. The van der Waals surface area contributed by atoms with Gasteiger partial charge < -0.3 is 20.2 Å². The Morgan fingerprint density at radius 3 is 2.47 bits per heavy atom. The van der Waals surface area contributed by atoms with E-state index in [0.717, 1.165) is 16.9 Å². The summed E-state index contributed by atoms with van der Waals surface area (Å²) in [6.07, 6.45) is 0. The normalized spacial score (nSPS) is 15.0. The topological polar surface area (TPSA) is 95.5 Å². The Morgan fingerprint density at radius 1 is 1.10 bits per heavy atom. The van der Waals surface area contributed by atoms with Crippen LogP contribution in [0, 0.1) is 0 Å². The summed E-state index contributed by atoms with van der Waals surface area (Å²) in [5.74, 6) is 7.59. The number of hydrogen-bond donors (Lipinski definition) is 1. The molecule has 1 atom stereocenters. The van der Waals surface area contributed by atoms with Crippen molar-refractivity contribution in [2.24, 2.45) is 0 Å². The third-order valence-electron chi connectivity index (χ3n) is 4.89. The lowest BCUT2D eigenvalue weighted by molar-refractivity contribution is -0.134. The molecule has 2 N–H and O–H groups in total. The lowest BCUT2D eigenvalue weighted by Crippen LogP contribution is -2.42. The van der Waals surface area contributed by atoms with Gasteiger partial charge in [-0.3, -0.25) is 4.79 Å². The first-order valence-electron chi connectivity index (χ1n) is 9.60. The van der Waals surface area contributed by atoms with Crippen molar-refractivity contribution < 1.29 is 14.3 Å². The zero-order valence-electron chi connectivity index (χ0n) is 16.6. The molecule has 0 spiro atoms. The van der Waals surface area contributed by atoms with Crippen molar-refractivity contribution >= 4 is 17.7 Å². The Morgan fingerprint density at radius 2 is 1.80 bits per heavy atom. The van der Waals surface area contributed by atoms with E-state index in [-0.39, 0.29) is 5.91 Å². The minimum atomic E-state index is -0.473. The summed E-state index contributed by atoms with van der Waals surface area (Å²) in [5, 5.41) is 8.49. The van der Waals surface area contributed by atoms with Crippen LogP contribution in [0.3, 0.4) is 0 Å². The van der Waals surface area contributed by atoms with Crippen LogP contribution < -0.4 is 10.6 Å². The van der Waals surface area contributed by atoms with Crippen LogP contribution >= 0.6 is 11.8 Å². The van der Waals surface area contributed by atoms with Gasteiger partial charge in [0.15, 0.2) is 5.82 Å². The molecule has 4 rings (SSSR count). The first-order valence-corrected chi connectivity index (χ1v) is 10.5. The molecular formula is C21H23N5O3S. The Kier molecular flexibility index (Phi) is 6.20. The van der Waals surface area contributed by atoms with Gasteiger partial charge in [0.2, 0.25) is 11.1 Å². The predicted octanol–water partition coefficient (Wildman–Crippen LogP) is 2.36. The van der Waals surface area contributed by atoms with Crippen molar-refractivity contribution in [2.75, 3.05) is 39.3 Å². The standard InChI is InChI=1S/C21H23N5O3S/c1-28-17-9-7-16(8-10-17)19-23-24-21(26(19)22)30-18(15-5-3-2-4-6-15)20(27)25-11-13-29-14-12-25/h2-10,18H,11-14,22H2,1H3/t18-/m1/s1. The molecule has 9 heteroatoms. The lowest BCUT2D eigenvalue weighted by atomic mass is 10.1. The molecule has 8 nitrogen and oxygen atoms in total. The van der Waals surface area contributed by atoms with Crippen LogP contribution in [-0.2, 0) is 9.53 Å². The second-order valence-electron chi connectivity index (χ2n) is 6.75. The van der Waals surface area contributed by atoms with Crippen molar-refractivity contribution in [3.63, 3.8) is 0 Å². The van der Waals surface area contributed by atoms with Gasteiger partial charge in [0.05, 0.1) is 20.3 Å². The van der Waals surface area contributed by atoms with Gasteiger partial charge in [-0.15, -0.1) is 10.2 Å². The maximum Gasteiger partial charge on any atom is 0.240 e. The lowest BCUT2D eigenvalue weighted by Gasteiger charge is -2.30. The summed E-state index contributed by atoms with van der Waals surface area (Å²) >= 11 is 1.30. The number of nitrogen functional groups attached to an aromatic ring is 1. The number of nitrogens with zero attached hydrogens (tertiary/aromatic N) is 4. The number of carbonyl (C=O) groups excluding carboxylic acids is 1. The van der Waals surface area contributed by atoms with Crippen molar-refractivity contribution in [3.05, 3.63) is 60.2 Å². The van der Waals surface area contributed by atoms with Gasteiger partial charge >= 0.3 is 0 Å². The Hall–Kier alpha value is -3.04. The average molecular weight is 426 g/mol. The largest absolute Gasteiger partial charge is 0.497 e. The third-order valence-corrected chi connectivity index (χ3v) is 6.08. The summed E-state index contributed by atoms with van der Waals surface area (Å²) < 4.78 is 12.0. The van der Waals surface area contributed by atoms with Gasteiger partial charge in [-0.1, -0.05) is 42.1 Å². The van der Waals surface area contributed by atoms with Crippen molar-refractivity contribution in [1.29, 1.82) is 0 Å². The predicted molar refractivity (Wildman–Crippen MR) is 115 cm³/mol. The highest BCUT2D eigenvalue weighted by Crippen LogP contribution is 2.36. The van der Waals surface area contributed by atoms with Crippen LogP contribution in [0.4, 0.5) is 0 Å². The van der Waals surface area contributed by atoms with E-state index in [1.807, 2.05) is 59.5 Å². The molecule has 2 heterocycles. The maximum atomic E-state index is 13.3. The Labute approximate surface area is 179 Å². The van der Waals surface area contributed by atoms with E-state index < -0.39 is 5.25 Å². The Bertz CT molecular complexity index is 988. The molecule has 1 aliphatic rings. The molecule has 1 fully saturated rings. The van der Waals surface area contributed by atoms with E-state index in [2.05, 4.69) is 10.2 Å². The van der Waals surface area contributed by atoms with E-state index in [1.165, 1.54) is 16.4 Å².